The van der Waals surface area contributed by atoms with E-state index >= 15 is 0 Å². The van der Waals surface area contributed by atoms with Crippen molar-refractivity contribution >= 4 is 22.6 Å². The average molecular weight is 312 g/mol. The molecule has 0 saturated carbocycles. The summed E-state index contributed by atoms with van der Waals surface area (Å²) in [5.74, 6) is -0.723. The molecule has 0 unspecified atom stereocenters. The summed E-state index contributed by atoms with van der Waals surface area (Å²) in [7, 11) is 0. The van der Waals surface area contributed by atoms with Crippen LogP contribution < -0.4 is 0 Å². The minimum absolute atomic E-state index is 0.0553. The van der Waals surface area contributed by atoms with Gasteiger partial charge in [-0.25, -0.2) is 0 Å². The Morgan fingerprint density at radius 2 is 1.65 bits per heavy atom. The maximum Gasteiger partial charge on any atom is 0.304 e. The van der Waals surface area contributed by atoms with Crippen molar-refractivity contribution in [2.75, 3.05) is 32.7 Å². The molecular formula is C18H20N2O3. The van der Waals surface area contributed by atoms with Gasteiger partial charge in [0.2, 0.25) is 0 Å². The minimum atomic E-state index is -0.778. The van der Waals surface area contributed by atoms with Crippen molar-refractivity contribution in [3.8, 4) is 0 Å². The van der Waals surface area contributed by atoms with Gasteiger partial charge < -0.3 is 10.0 Å². The lowest BCUT2D eigenvalue weighted by molar-refractivity contribution is -0.137. The molecule has 0 spiro atoms. The molecule has 0 atom stereocenters. The molecule has 1 N–H and O–H groups in total. The van der Waals surface area contributed by atoms with Crippen molar-refractivity contribution in [1.29, 1.82) is 0 Å². The van der Waals surface area contributed by atoms with Crippen LogP contribution in [0.3, 0.4) is 0 Å². The van der Waals surface area contributed by atoms with Crippen molar-refractivity contribution in [3.63, 3.8) is 0 Å². The normalized spacial score (nSPS) is 15.7. The number of benzene rings is 2. The molecule has 0 aromatic heterocycles. The summed E-state index contributed by atoms with van der Waals surface area (Å²) in [6.07, 6.45) is 0.150. The Kier molecular flexibility index (Phi) is 4.57. The Balaban J connectivity index is 1.68. The first-order chi connectivity index (χ1) is 11.1. The van der Waals surface area contributed by atoms with E-state index in [9.17, 15) is 9.59 Å². The van der Waals surface area contributed by atoms with Crippen molar-refractivity contribution in [1.82, 2.24) is 9.80 Å². The van der Waals surface area contributed by atoms with Gasteiger partial charge in [0.25, 0.3) is 5.91 Å². The van der Waals surface area contributed by atoms with Crippen LogP contribution in [0.1, 0.15) is 16.8 Å². The molecule has 1 aliphatic rings. The van der Waals surface area contributed by atoms with Crippen LogP contribution in [0.15, 0.2) is 42.5 Å². The molecule has 2 aromatic carbocycles. The molecule has 120 valence electrons. The van der Waals surface area contributed by atoms with E-state index in [4.69, 9.17) is 5.11 Å². The summed E-state index contributed by atoms with van der Waals surface area (Å²) >= 11 is 0. The first kappa shape index (κ1) is 15.5. The second kappa shape index (κ2) is 6.79. The molecule has 1 aliphatic heterocycles. The van der Waals surface area contributed by atoms with Crippen LogP contribution in [0, 0.1) is 0 Å². The fourth-order valence-electron chi connectivity index (χ4n) is 3.01. The standard InChI is InChI=1S/C18H20N2O3/c21-17(22)8-9-19-10-12-20(13-11-19)18(23)16-7-3-5-14-4-1-2-6-15(14)16/h1-7H,8-13H2,(H,21,22). The number of aliphatic carboxylic acids is 1. The van der Waals surface area contributed by atoms with Crippen molar-refractivity contribution in [2.24, 2.45) is 0 Å². The van der Waals surface area contributed by atoms with Crippen molar-refractivity contribution < 1.29 is 14.7 Å². The van der Waals surface area contributed by atoms with Crippen LogP contribution in [0.4, 0.5) is 0 Å². The summed E-state index contributed by atoms with van der Waals surface area (Å²) in [5, 5.41) is 10.8. The third kappa shape index (κ3) is 3.51. The summed E-state index contributed by atoms with van der Waals surface area (Å²) in [6.45, 7) is 3.28. The van der Waals surface area contributed by atoms with Gasteiger partial charge in [0.1, 0.15) is 0 Å². The number of hydrogen-bond acceptors (Lipinski definition) is 3. The molecule has 1 amide bonds. The molecule has 1 heterocycles. The number of fused-ring (bicyclic) bond motifs is 1. The predicted molar refractivity (Wildman–Crippen MR) is 88.5 cm³/mol. The lowest BCUT2D eigenvalue weighted by Gasteiger charge is -2.34. The van der Waals surface area contributed by atoms with E-state index in [0.717, 1.165) is 29.4 Å². The van der Waals surface area contributed by atoms with Crippen LogP contribution in [0.5, 0.6) is 0 Å². The highest BCUT2D eigenvalue weighted by molar-refractivity contribution is 6.07. The maximum absolute atomic E-state index is 12.8. The Morgan fingerprint density at radius 1 is 0.957 bits per heavy atom. The van der Waals surface area contributed by atoms with E-state index < -0.39 is 5.97 Å². The third-order valence-corrected chi connectivity index (χ3v) is 4.32. The second-order valence-corrected chi connectivity index (χ2v) is 5.80. The SMILES string of the molecule is O=C(O)CCN1CCN(C(=O)c2cccc3ccccc23)CC1. The molecule has 2 aromatic rings. The molecule has 5 nitrogen and oxygen atoms in total. The molecule has 23 heavy (non-hydrogen) atoms. The summed E-state index contributed by atoms with van der Waals surface area (Å²) in [6, 6.07) is 13.7. The smallest absolute Gasteiger partial charge is 0.304 e. The van der Waals surface area contributed by atoms with Crippen LogP contribution in [-0.2, 0) is 4.79 Å². The quantitative estimate of drug-likeness (QED) is 0.939. The molecule has 5 heteroatoms. The molecule has 1 fully saturated rings. The van der Waals surface area contributed by atoms with Gasteiger partial charge >= 0.3 is 5.97 Å². The Morgan fingerprint density at radius 3 is 2.39 bits per heavy atom. The number of carbonyl (C=O) groups excluding carboxylic acids is 1. The van der Waals surface area contributed by atoms with E-state index in [1.54, 1.807) is 0 Å². The monoisotopic (exact) mass is 312 g/mol. The third-order valence-electron chi connectivity index (χ3n) is 4.32. The van der Waals surface area contributed by atoms with Gasteiger partial charge in [-0.2, -0.15) is 0 Å². The number of nitrogens with zero attached hydrogens (tertiary/aromatic N) is 2. The Labute approximate surface area is 135 Å². The second-order valence-electron chi connectivity index (χ2n) is 5.80. The van der Waals surface area contributed by atoms with E-state index in [1.807, 2.05) is 47.4 Å². The number of rotatable bonds is 4. The topological polar surface area (TPSA) is 60.9 Å². The minimum Gasteiger partial charge on any atom is -0.481 e. The van der Waals surface area contributed by atoms with E-state index in [1.165, 1.54) is 0 Å². The highest BCUT2D eigenvalue weighted by Crippen LogP contribution is 2.20. The zero-order chi connectivity index (χ0) is 16.2. The maximum atomic E-state index is 12.8. The van der Waals surface area contributed by atoms with E-state index in [-0.39, 0.29) is 12.3 Å². The number of amides is 1. The molecule has 0 bridgehead atoms. The van der Waals surface area contributed by atoms with E-state index in [2.05, 4.69) is 4.90 Å². The first-order valence-corrected chi connectivity index (χ1v) is 7.86. The average Bonchev–Trinajstić information content (AvgIpc) is 2.59. The van der Waals surface area contributed by atoms with Gasteiger partial charge in [0, 0.05) is 38.3 Å². The fraction of sp³-hybridized carbons (Fsp3) is 0.333. The predicted octanol–water partition coefficient (Wildman–Crippen LogP) is 2.07. The highest BCUT2D eigenvalue weighted by atomic mass is 16.4. The van der Waals surface area contributed by atoms with Crippen LogP contribution >= 0.6 is 0 Å². The number of carboxylic acids is 1. The van der Waals surface area contributed by atoms with Gasteiger partial charge in [-0.3, -0.25) is 14.5 Å². The Hall–Kier alpha value is -2.40. The van der Waals surface area contributed by atoms with Crippen molar-refractivity contribution in [3.05, 3.63) is 48.0 Å². The fourth-order valence-corrected chi connectivity index (χ4v) is 3.01. The van der Waals surface area contributed by atoms with Crippen LogP contribution in [0.2, 0.25) is 0 Å². The lowest BCUT2D eigenvalue weighted by Crippen LogP contribution is -2.49. The zero-order valence-corrected chi connectivity index (χ0v) is 12.9. The molecule has 0 aliphatic carbocycles. The first-order valence-electron chi connectivity index (χ1n) is 7.86. The molecular weight excluding hydrogens is 292 g/mol. The largest absolute Gasteiger partial charge is 0.481 e. The number of hydrogen-bond donors (Lipinski definition) is 1. The molecule has 1 saturated heterocycles. The van der Waals surface area contributed by atoms with Crippen molar-refractivity contribution in [2.45, 2.75) is 6.42 Å². The van der Waals surface area contributed by atoms with Crippen LogP contribution in [0.25, 0.3) is 10.8 Å². The summed E-state index contributed by atoms with van der Waals surface area (Å²) in [5.41, 5.74) is 0.738. The van der Waals surface area contributed by atoms with Gasteiger partial charge in [-0.1, -0.05) is 36.4 Å². The van der Waals surface area contributed by atoms with Gasteiger partial charge in [-0.05, 0) is 16.8 Å². The summed E-state index contributed by atoms with van der Waals surface area (Å²) in [4.78, 5) is 27.4. The Bertz CT molecular complexity index is 716. The van der Waals surface area contributed by atoms with E-state index in [0.29, 0.717) is 19.6 Å². The molecule has 0 radical (unpaired) electrons. The van der Waals surface area contributed by atoms with Gasteiger partial charge in [0.15, 0.2) is 0 Å². The number of carbonyl (C=O) groups is 2. The summed E-state index contributed by atoms with van der Waals surface area (Å²) < 4.78 is 0. The van der Waals surface area contributed by atoms with Gasteiger partial charge in [-0.15, -0.1) is 0 Å². The zero-order valence-electron chi connectivity index (χ0n) is 12.9. The van der Waals surface area contributed by atoms with Crippen LogP contribution in [-0.4, -0.2) is 59.5 Å². The molecule has 3 rings (SSSR count). The lowest BCUT2D eigenvalue weighted by atomic mass is 10.0. The van der Waals surface area contributed by atoms with Gasteiger partial charge in [0.05, 0.1) is 6.42 Å². The highest BCUT2D eigenvalue weighted by Gasteiger charge is 2.23. The number of piperazine rings is 1. The number of carboxylic acid groups (broad SMARTS) is 1.